The summed E-state index contributed by atoms with van der Waals surface area (Å²) in [5.41, 5.74) is 0. The molecule has 0 radical (unpaired) electrons. The topological polar surface area (TPSA) is 79.8 Å². The van der Waals surface area contributed by atoms with Gasteiger partial charge in [-0.2, -0.15) is 4.98 Å². The number of esters is 1. The lowest BCUT2D eigenvalue weighted by Crippen LogP contribution is -2.23. The minimum atomic E-state index is -0.561. The van der Waals surface area contributed by atoms with Crippen molar-refractivity contribution < 1.29 is 23.7 Å². The SMILES string of the molecule is CCOC(=O)C1CC(Oc2ccnc(OC)n2)CO1. The van der Waals surface area contributed by atoms with Crippen molar-refractivity contribution in [1.29, 1.82) is 0 Å². The van der Waals surface area contributed by atoms with Gasteiger partial charge in [-0.3, -0.25) is 0 Å². The molecule has 2 heterocycles. The molecule has 0 aromatic carbocycles. The van der Waals surface area contributed by atoms with Crippen LogP contribution in [0.5, 0.6) is 11.9 Å². The van der Waals surface area contributed by atoms with E-state index in [4.69, 9.17) is 18.9 Å². The first-order valence-corrected chi connectivity index (χ1v) is 6.05. The van der Waals surface area contributed by atoms with Gasteiger partial charge in [0, 0.05) is 18.7 Å². The normalized spacial score (nSPS) is 22.0. The van der Waals surface area contributed by atoms with Crippen molar-refractivity contribution in [3.63, 3.8) is 0 Å². The predicted octanol–water partition coefficient (Wildman–Crippen LogP) is 0.585. The molecule has 1 aromatic heterocycles. The van der Waals surface area contributed by atoms with Crippen molar-refractivity contribution in [3.8, 4) is 11.9 Å². The highest BCUT2D eigenvalue weighted by atomic mass is 16.6. The predicted molar refractivity (Wildman–Crippen MR) is 64.0 cm³/mol. The summed E-state index contributed by atoms with van der Waals surface area (Å²) in [6.07, 6.45) is 1.20. The van der Waals surface area contributed by atoms with Gasteiger partial charge in [0.25, 0.3) is 0 Å². The number of carbonyl (C=O) groups is 1. The monoisotopic (exact) mass is 268 g/mol. The molecular weight excluding hydrogens is 252 g/mol. The highest BCUT2D eigenvalue weighted by molar-refractivity contribution is 5.75. The minimum absolute atomic E-state index is 0.228. The number of methoxy groups -OCH3 is 1. The summed E-state index contributed by atoms with van der Waals surface area (Å²) in [4.78, 5) is 19.4. The maximum atomic E-state index is 11.5. The van der Waals surface area contributed by atoms with Crippen molar-refractivity contribution in [3.05, 3.63) is 12.3 Å². The zero-order valence-corrected chi connectivity index (χ0v) is 10.9. The largest absolute Gasteiger partial charge is 0.472 e. The zero-order valence-electron chi connectivity index (χ0n) is 10.9. The van der Waals surface area contributed by atoms with Crippen LogP contribution < -0.4 is 9.47 Å². The number of ether oxygens (including phenoxy) is 4. The van der Waals surface area contributed by atoms with Crippen LogP contribution in [0.1, 0.15) is 13.3 Å². The molecule has 2 rings (SSSR count). The second-order valence-electron chi connectivity index (χ2n) is 3.93. The van der Waals surface area contributed by atoms with Gasteiger partial charge >= 0.3 is 12.0 Å². The molecule has 1 saturated heterocycles. The first-order chi connectivity index (χ1) is 9.22. The van der Waals surface area contributed by atoms with E-state index in [2.05, 4.69) is 9.97 Å². The molecule has 0 N–H and O–H groups in total. The molecule has 1 aliphatic heterocycles. The first kappa shape index (κ1) is 13.5. The summed E-state index contributed by atoms with van der Waals surface area (Å²) >= 11 is 0. The van der Waals surface area contributed by atoms with Crippen LogP contribution in [0, 0.1) is 0 Å². The number of nitrogens with zero attached hydrogens (tertiary/aromatic N) is 2. The summed E-state index contributed by atoms with van der Waals surface area (Å²) in [6.45, 7) is 2.43. The van der Waals surface area contributed by atoms with Crippen LogP contribution in [0.3, 0.4) is 0 Å². The van der Waals surface area contributed by atoms with Gasteiger partial charge in [0.2, 0.25) is 5.88 Å². The molecule has 7 nitrogen and oxygen atoms in total. The second kappa shape index (κ2) is 6.33. The lowest BCUT2D eigenvalue weighted by molar-refractivity contribution is -0.153. The zero-order chi connectivity index (χ0) is 13.7. The Hall–Kier alpha value is -1.89. The summed E-state index contributed by atoms with van der Waals surface area (Å²) in [5, 5.41) is 0. The Morgan fingerprint density at radius 3 is 3.16 bits per heavy atom. The Kier molecular flexibility index (Phi) is 4.51. The van der Waals surface area contributed by atoms with Crippen LogP contribution in [-0.4, -0.2) is 48.5 Å². The summed E-state index contributed by atoms with van der Waals surface area (Å²) in [7, 11) is 1.48. The van der Waals surface area contributed by atoms with E-state index in [-0.39, 0.29) is 18.1 Å². The molecule has 1 aliphatic rings. The van der Waals surface area contributed by atoms with Crippen LogP contribution in [0.15, 0.2) is 12.3 Å². The maximum Gasteiger partial charge on any atom is 0.335 e. The average molecular weight is 268 g/mol. The maximum absolute atomic E-state index is 11.5. The fraction of sp³-hybridized carbons (Fsp3) is 0.583. The molecule has 19 heavy (non-hydrogen) atoms. The van der Waals surface area contributed by atoms with E-state index >= 15 is 0 Å². The highest BCUT2D eigenvalue weighted by Crippen LogP contribution is 2.20. The number of aromatic nitrogens is 2. The molecule has 104 valence electrons. The summed E-state index contributed by atoms with van der Waals surface area (Å²) < 4.78 is 20.7. The third-order valence-corrected chi connectivity index (χ3v) is 2.59. The van der Waals surface area contributed by atoms with E-state index in [1.54, 1.807) is 19.2 Å². The minimum Gasteiger partial charge on any atom is -0.472 e. The lowest BCUT2D eigenvalue weighted by Gasteiger charge is -2.11. The molecular formula is C12H16N2O5. The quantitative estimate of drug-likeness (QED) is 0.723. The molecule has 2 atom stereocenters. The third-order valence-electron chi connectivity index (χ3n) is 2.59. The molecule has 0 bridgehead atoms. The van der Waals surface area contributed by atoms with Crippen molar-refractivity contribution in [2.45, 2.75) is 25.6 Å². The van der Waals surface area contributed by atoms with Gasteiger partial charge in [0.1, 0.15) is 6.10 Å². The van der Waals surface area contributed by atoms with Crippen molar-refractivity contribution in [2.24, 2.45) is 0 Å². The summed E-state index contributed by atoms with van der Waals surface area (Å²) in [5.74, 6) is 0.0406. The molecule has 7 heteroatoms. The molecule has 2 unspecified atom stereocenters. The van der Waals surface area contributed by atoms with Crippen LogP contribution in [-0.2, 0) is 14.3 Å². The van der Waals surface area contributed by atoms with Crippen molar-refractivity contribution in [1.82, 2.24) is 9.97 Å². The number of rotatable bonds is 5. The van der Waals surface area contributed by atoms with Gasteiger partial charge in [-0.05, 0) is 6.92 Å². The Balaban J connectivity index is 1.89. The molecule has 0 aliphatic carbocycles. The fourth-order valence-electron chi connectivity index (χ4n) is 1.74. The van der Waals surface area contributed by atoms with E-state index in [1.165, 1.54) is 7.11 Å². The van der Waals surface area contributed by atoms with Gasteiger partial charge < -0.3 is 18.9 Å². The van der Waals surface area contributed by atoms with Gasteiger partial charge in [0.05, 0.1) is 20.3 Å². The molecule has 0 saturated carbocycles. The van der Waals surface area contributed by atoms with Crippen LogP contribution in [0.25, 0.3) is 0 Å². The third kappa shape index (κ3) is 3.54. The number of hydrogen-bond acceptors (Lipinski definition) is 7. The first-order valence-electron chi connectivity index (χ1n) is 6.05. The van der Waals surface area contributed by atoms with Gasteiger partial charge in [-0.15, -0.1) is 0 Å². The lowest BCUT2D eigenvalue weighted by atomic mass is 10.2. The van der Waals surface area contributed by atoms with Crippen LogP contribution in [0.2, 0.25) is 0 Å². The van der Waals surface area contributed by atoms with Crippen molar-refractivity contribution in [2.75, 3.05) is 20.3 Å². The number of carbonyl (C=O) groups excluding carboxylic acids is 1. The Bertz CT molecular complexity index is 440. The molecule has 0 spiro atoms. The number of hydrogen-bond donors (Lipinski definition) is 0. The van der Waals surface area contributed by atoms with Crippen LogP contribution in [0.4, 0.5) is 0 Å². The summed E-state index contributed by atoms with van der Waals surface area (Å²) in [6, 6.07) is 1.86. The van der Waals surface area contributed by atoms with Crippen LogP contribution >= 0.6 is 0 Å². The smallest absolute Gasteiger partial charge is 0.335 e. The molecule has 0 amide bonds. The molecule has 1 aromatic rings. The van der Waals surface area contributed by atoms with E-state index in [0.717, 1.165) is 0 Å². The van der Waals surface area contributed by atoms with E-state index in [0.29, 0.717) is 25.5 Å². The van der Waals surface area contributed by atoms with Crippen molar-refractivity contribution >= 4 is 5.97 Å². The Morgan fingerprint density at radius 2 is 2.42 bits per heavy atom. The van der Waals surface area contributed by atoms with E-state index in [1.807, 2.05) is 0 Å². The van der Waals surface area contributed by atoms with E-state index < -0.39 is 6.10 Å². The Labute approximate surface area is 110 Å². The average Bonchev–Trinajstić information content (AvgIpc) is 2.88. The highest BCUT2D eigenvalue weighted by Gasteiger charge is 2.33. The van der Waals surface area contributed by atoms with Gasteiger partial charge in [-0.25, -0.2) is 9.78 Å². The Morgan fingerprint density at radius 1 is 1.58 bits per heavy atom. The fourth-order valence-corrected chi connectivity index (χ4v) is 1.74. The standard InChI is InChI=1S/C12H16N2O5/c1-3-17-11(15)9-6-8(7-18-9)19-10-4-5-13-12(14-10)16-2/h4-5,8-9H,3,6-7H2,1-2H3. The van der Waals surface area contributed by atoms with Gasteiger partial charge in [-0.1, -0.05) is 0 Å². The molecule has 1 fully saturated rings. The van der Waals surface area contributed by atoms with E-state index in [9.17, 15) is 4.79 Å². The second-order valence-corrected chi connectivity index (χ2v) is 3.93. The van der Waals surface area contributed by atoms with Gasteiger partial charge in [0.15, 0.2) is 6.10 Å².